The summed E-state index contributed by atoms with van der Waals surface area (Å²) in [5, 5.41) is 6.93. The molecule has 0 spiro atoms. The summed E-state index contributed by atoms with van der Waals surface area (Å²) in [5.74, 6) is 3.11. The van der Waals surface area contributed by atoms with Crippen molar-refractivity contribution in [2.75, 3.05) is 10.6 Å². The van der Waals surface area contributed by atoms with E-state index in [1.54, 1.807) is 6.33 Å². The highest BCUT2D eigenvalue weighted by Crippen LogP contribution is 2.45. The van der Waals surface area contributed by atoms with Gasteiger partial charge in [0.05, 0.1) is 6.33 Å². The number of imidazole rings is 1. The molecule has 24 heavy (non-hydrogen) atoms. The van der Waals surface area contributed by atoms with Crippen LogP contribution in [0.1, 0.15) is 25.7 Å². The Morgan fingerprint density at radius 3 is 2.75 bits per heavy atom. The van der Waals surface area contributed by atoms with E-state index in [1.165, 1.54) is 25.7 Å². The van der Waals surface area contributed by atoms with Crippen LogP contribution in [0, 0.1) is 11.8 Å². The molecule has 2 saturated carbocycles. The van der Waals surface area contributed by atoms with E-state index < -0.39 is 0 Å². The van der Waals surface area contributed by atoms with E-state index in [0.717, 1.165) is 28.9 Å². The summed E-state index contributed by atoms with van der Waals surface area (Å²) in [6, 6.07) is 10.5. The van der Waals surface area contributed by atoms with Gasteiger partial charge in [-0.25, -0.2) is 4.98 Å². The standard InChI is InChI=1S/C18H20N6/c1-2-4-13(5-3-1)21-18-23-16-15(19-10-20-16)17(24-18)22-14-9-11-6-7-12(14)8-11/h1-5,10-12,14H,6-9H2,(H3,19,20,21,22,23,24)/t11-,12+,14-/m0/s1. The van der Waals surface area contributed by atoms with E-state index in [0.29, 0.717) is 17.6 Å². The first-order chi connectivity index (χ1) is 11.8. The van der Waals surface area contributed by atoms with Crippen molar-refractivity contribution in [3.05, 3.63) is 36.7 Å². The van der Waals surface area contributed by atoms with Crippen LogP contribution < -0.4 is 10.6 Å². The Hall–Kier alpha value is -2.63. The van der Waals surface area contributed by atoms with Gasteiger partial charge >= 0.3 is 0 Å². The maximum absolute atomic E-state index is 4.71. The van der Waals surface area contributed by atoms with E-state index in [4.69, 9.17) is 4.98 Å². The molecule has 2 aromatic heterocycles. The molecule has 0 unspecified atom stereocenters. The average molecular weight is 320 g/mol. The Morgan fingerprint density at radius 2 is 1.96 bits per heavy atom. The van der Waals surface area contributed by atoms with E-state index in [-0.39, 0.29) is 0 Å². The molecule has 1 aromatic carbocycles. The van der Waals surface area contributed by atoms with Crippen molar-refractivity contribution in [3.63, 3.8) is 0 Å². The van der Waals surface area contributed by atoms with Crippen LogP contribution in [-0.4, -0.2) is 26.0 Å². The highest BCUT2D eigenvalue weighted by atomic mass is 15.2. The molecule has 0 saturated heterocycles. The lowest BCUT2D eigenvalue weighted by molar-refractivity contribution is 0.439. The monoisotopic (exact) mass is 320 g/mol. The summed E-state index contributed by atoms with van der Waals surface area (Å²) in [7, 11) is 0. The maximum atomic E-state index is 4.71. The molecule has 2 bridgehead atoms. The molecule has 2 aliphatic carbocycles. The van der Waals surface area contributed by atoms with E-state index in [1.807, 2.05) is 30.3 Å². The van der Waals surface area contributed by atoms with Gasteiger partial charge in [0.15, 0.2) is 11.5 Å². The smallest absolute Gasteiger partial charge is 0.231 e. The molecule has 0 radical (unpaired) electrons. The van der Waals surface area contributed by atoms with Crippen molar-refractivity contribution < 1.29 is 0 Å². The van der Waals surface area contributed by atoms with Crippen molar-refractivity contribution in [2.45, 2.75) is 31.7 Å². The van der Waals surface area contributed by atoms with Gasteiger partial charge in [0.2, 0.25) is 5.95 Å². The lowest BCUT2D eigenvalue weighted by atomic mass is 9.95. The van der Waals surface area contributed by atoms with Crippen molar-refractivity contribution in [1.82, 2.24) is 19.9 Å². The number of nitrogens with zero attached hydrogens (tertiary/aromatic N) is 3. The Bertz CT molecular complexity index is 858. The quantitative estimate of drug-likeness (QED) is 0.683. The minimum Gasteiger partial charge on any atom is -0.365 e. The lowest BCUT2D eigenvalue weighted by Gasteiger charge is -2.23. The third-order valence-corrected chi connectivity index (χ3v) is 5.38. The van der Waals surface area contributed by atoms with E-state index in [2.05, 4.69) is 25.6 Å². The van der Waals surface area contributed by atoms with Gasteiger partial charge in [0.1, 0.15) is 5.52 Å². The van der Waals surface area contributed by atoms with Gasteiger partial charge in [-0.1, -0.05) is 24.6 Å². The van der Waals surface area contributed by atoms with Crippen molar-refractivity contribution in [2.24, 2.45) is 11.8 Å². The van der Waals surface area contributed by atoms with Crippen LogP contribution >= 0.6 is 0 Å². The number of aromatic amines is 1. The van der Waals surface area contributed by atoms with Gasteiger partial charge in [0, 0.05) is 11.7 Å². The first-order valence-electron chi connectivity index (χ1n) is 8.65. The number of aromatic nitrogens is 4. The highest BCUT2D eigenvalue weighted by molar-refractivity contribution is 5.84. The Kier molecular flexibility index (Phi) is 3.14. The molecule has 2 heterocycles. The molecule has 5 rings (SSSR count). The van der Waals surface area contributed by atoms with Crippen LogP contribution in [0.5, 0.6) is 0 Å². The summed E-state index contributed by atoms with van der Waals surface area (Å²) >= 11 is 0. The molecule has 2 fully saturated rings. The molecular formula is C18H20N6. The first kappa shape index (κ1) is 13.8. The number of nitrogens with one attached hydrogen (secondary N) is 3. The third kappa shape index (κ3) is 2.38. The number of hydrogen-bond acceptors (Lipinski definition) is 5. The summed E-state index contributed by atoms with van der Waals surface area (Å²) in [6.45, 7) is 0. The molecule has 6 heteroatoms. The van der Waals surface area contributed by atoms with Crippen LogP contribution in [0.4, 0.5) is 17.5 Å². The molecule has 3 N–H and O–H groups in total. The topological polar surface area (TPSA) is 78.5 Å². The van der Waals surface area contributed by atoms with Crippen molar-refractivity contribution >= 4 is 28.6 Å². The molecule has 2 aliphatic rings. The second-order valence-electron chi connectivity index (χ2n) is 6.91. The lowest BCUT2D eigenvalue weighted by Crippen LogP contribution is -2.26. The van der Waals surface area contributed by atoms with Crippen LogP contribution in [0.2, 0.25) is 0 Å². The zero-order valence-corrected chi connectivity index (χ0v) is 13.4. The second-order valence-corrected chi connectivity index (χ2v) is 6.91. The van der Waals surface area contributed by atoms with Crippen LogP contribution in [-0.2, 0) is 0 Å². The number of anilines is 3. The zero-order chi connectivity index (χ0) is 15.9. The maximum Gasteiger partial charge on any atom is 0.231 e. The fourth-order valence-electron chi connectivity index (χ4n) is 4.24. The Balaban J connectivity index is 1.47. The predicted molar refractivity (Wildman–Crippen MR) is 94.3 cm³/mol. The predicted octanol–water partition coefficient (Wildman–Crippen LogP) is 3.70. The number of benzene rings is 1. The number of para-hydroxylation sites is 1. The van der Waals surface area contributed by atoms with Gasteiger partial charge < -0.3 is 15.6 Å². The number of H-pyrrole nitrogens is 1. The molecular weight excluding hydrogens is 300 g/mol. The minimum absolute atomic E-state index is 0.523. The van der Waals surface area contributed by atoms with Gasteiger partial charge in [-0.3, -0.25) is 0 Å². The Labute approximate surface area is 140 Å². The summed E-state index contributed by atoms with van der Waals surface area (Å²) in [4.78, 5) is 16.7. The minimum atomic E-state index is 0.523. The summed E-state index contributed by atoms with van der Waals surface area (Å²) < 4.78 is 0. The molecule has 3 aromatic rings. The third-order valence-electron chi connectivity index (χ3n) is 5.38. The summed E-state index contributed by atoms with van der Waals surface area (Å²) in [6.07, 6.45) is 7.04. The zero-order valence-electron chi connectivity index (χ0n) is 13.4. The van der Waals surface area contributed by atoms with E-state index >= 15 is 0 Å². The SMILES string of the molecule is c1ccc(Nc2nc(N[C@H]3C[C@H]4CC[C@@H]3C4)c3[nH]cnc3n2)cc1. The van der Waals surface area contributed by atoms with Gasteiger partial charge in [-0.15, -0.1) is 0 Å². The molecule has 122 valence electrons. The van der Waals surface area contributed by atoms with Gasteiger partial charge in [0.25, 0.3) is 0 Å². The normalized spacial score (nSPS) is 25.2. The fourth-order valence-corrected chi connectivity index (χ4v) is 4.24. The Morgan fingerprint density at radius 1 is 1.04 bits per heavy atom. The molecule has 0 aliphatic heterocycles. The first-order valence-corrected chi connectivity index (χ1v) is 8.65. The van der Waals surface area contributed by atoms with Crippen molar-refractivity contribution in [1.29, 1.82) is 0 Å². The van der Waals surface area contributed by atoms with Crippen LogP contribution in [0.3, 0.4) is 0 Å². The van der Waals surface area contributed by atoms with Crippen LogP contribution in [0.15, 0.2) is 36.7 Å². The number of hydrogen-bond donors (Lipinski definition) is 3. The average Bonchev–Trinajstić information content (AvgIpc) is 3.32. The highest BCUT2D eigenvalue weighted by Gasteiger charge is 2.39. The molecule has 6 nitrogen and oxygen atoms in total. The van der Waals surface area contributed by atoms with E-state index in [9.17, 15) is 0 Å². The number of rotatable bonds is 4. The molecule has 0 amide bonds. The second kappa shape index (κ2) is 5.47. The number of fused-ring (bicyclic) bond motifs is 3. The fraction of sp³-hybridized carbons (Fsp3) is 0.389. The van der Waals surface area contributed by atoms with Gasteiger partial charge in [-0.05, 0) is 43.2 Å². The van der Waals surface area contributed by atoms with Crippen LogP contribution in [0.25, 0.3) is 11.2 Å². The largest absolute Gasteiger partial charge is 0.365 e. The molecule has 3 atom stereocenters. The summed E-state index contributed by atoms with van der Waals surface area (Å²) in [5.41, 5.74) is 2.55. The van der Waals surface area contributed by atoms with Gasteiger partial charge in [-0.2, -0.15) is 9.97 Å². The van der Waals surface area contributed by atoms with Crippen molar-refractivity contribution in [3.8, 4) is 0 Å².